The fourth-order valence-corrected chi connectivity index (χ4v) is 2.90. The first-order valence-corrected chi connectivity index (χ1v) is 7.34. The summed E-state index contributed by atoms with van der Waals surface area (Å²) >= 11 is 6.62. The van der Waals surface area contributed by atoms with Crippen LogP contribution >= 0.6 is 11.6 Å². The van der Waals surface area contributed by atoms with Crippen LogP contribution < -0.4 is 0 Å². The van der Waals surface area contributed by atoms with Crippen molar-refractivity contribution in [2.75, 3.05) is 0 Å². The molecule has 0 aliphatic carbocycles. The van der Waals surface area contributed by atoms with Gasteiger partial charge in [0.1, 0.15) is 12.1 Å². The highest BCUT2D eigenvalue weighted by molar-refractivity contribution is 6.38. The molecule has 0 atom stereocenters. The zero-order valence-electron chi connectivity index (χ0n) is 11.6. The van der Waals surface area contributed by atoms with Gasteiger partial charge in [-0.05, 0) is 0 Å². The fraction of sp³-hybridized carbons (Fsp3) is 0. The van der Waals surface area contributed by atoms with Gasteiger partial charge in [0.15, 0.2) is 0 Å². The molecule has 106 valence electrons. The van der Waals surface area contributed by atoms with E-state index in [4.69, 9.17) is 16.6 Å². The first-order valence-electron chi connectivity index (χ1n) is 6.96. The number of benzene rings is 2. The molecule has 4 aromatic rings. The van der Waals surface area contributed by atoms with Crippen LogP contribution in [0.2, 0.25) is 5.02 Å². The van der Waals surface area contributed by atoms with Gasteiger partial charge in [-0.15, -0.1) is 0 Å². The van der Waals surface area contributed by atoms with Crippen LogP contribution in [0.3, 0.4) is 0 Å². The summed E-state index contributed by atoms with van der Waals surface area (Å²) in [4.78, 5) is 8.92. The lowest BCUT2D eigenvalue weighted by Crippen LogP contribution is -1.99. The largest absolute Gasteiger partial charge is 0.290 e. The second-order valence-electron chi connectivity index (χ2n) is 4.98. The SMILES string of the molecule is Clc1c(-c2ccccc2)nc(-n2ccnc2)c2ccccc12. The average Bonchev–Trinajstić information content (AvgIpc) is 3.11. The molecule has 2 aromatic heterocycles. The van der Waals surface area contributed by atoms with Crippen LogP contribution in [0.4, 0.5) is 0 Å². The van der Waals surface area contributed by atoms with E-state index in [0.717, 1.165) is 27.8 Å². The zero-order valence-corrected chi connectivity index (χ0v) is 12.4. The summed E-state index contributed by atoms with van der Waals surface area (Å²) in [6.07, 6.45) is 5.38. The molecule has 0 saturated carbocycles. The van der Waals surface area contributed by atoms with Crippen LogP contribution in [0.5, 0.6) is 0 Å². The Labute approximate surface area is 132 Å². The van der Waals surface area contributed by atoms with Gasteiger partial charge in [-0.25, -0.2) is 9.97 Å². The third-order valence-corrected chi connectivity index (χ3v) is 4.01. The van der Waals surface area contributed by atoms with Gasteiger partial charge in [0.2, 0.25) is 0 Å². The van der Waals surface area contributed by atoms with Gasteiger partial charge in [0, 0.05) is 28.7 Å². The maximum Gasteiger partial charge on any atom is 0.146 e. The van der Waals surface area contributed by atoms with E-state index in [2.05, 4.69) is 4.98 Å². The number of halogens is 1. The molecule has 0 aliphatic rings. The molecule has 22 heavy (non-hydrogen) atoms. The molecule has 4 rings (SSSR count). The Bertz CT molecular complexity index is 931. The van der Waals surface area contributed by atoms with Crippen molar-refractivity contribution in [2.24, 2.45) is 0 Å². The number of hydrogen-bond acceptors (Lipinski definition) is 2. The van der Waals surface area contributed by atoms with Gasteiger partial charge in [-0.3, -0.25) is 4.57 Å². The predicted molar refractivity (Wildman–Crippen MR) is 89.3 cm³/mol. The van der Waals surface area contributed by atoms with Crippen LogP contribution in [0.25, 0.3) is 27.8 Å². The molecule has 0 bridgehead atoms. The van der Waals surface area contributed by atoms with Crippen molar-refractivity contribution < 1.29 is 0 Å². The maximum absolute atomic E-state index is 6.62. The summed E-state index contributed by atoms with van der Waals surface area (Å²) in [5.74, 6) is 0.830. The number of nitrogens with zero attached hydrogens (tertiary/aromatic N) is 3. The number of aromatic nitrogens is 3. The van der Waals surface area contributed by atoms with Gasteiger partial charge in [-0.2, -0.15) is 0 Å². The van der Waals surface area contributed by atoms with Crippen molar-refractivity contribution in [1.82, 2.24) is 14.5 Å². The van der Waals surface area contributed by atoms with Gasteiger partial charge < -0.3 is 0 Å². The molecular formula is C18H12ClN3. The minimum atomic E-state index is 0.672. The highest BCUT2D eigenvalue weighted by Crippen LogP contribution is 2.35. The number of imidazole rings is 1. The first kappa shape index (κ1) is 13.0. The van der Waals surface area contributed by atoms with Crippen LogP contribution in [0.1, 0.15) is 0 Å². The number of fused-ring (bicyclic) bond motifs is 1. The number of hydrogen-bond donors (Lipinski definition) is 0. The first-order chi connectivity index (χ1) is 10.8. The minimum absolute atomic E-state index is 0.672. The van der Waals surface area contributed by atoms with Crippen LogP contribution in [0.15, 0.2) is 73.3 Å². The maximum atomic E-state index is 6.62. The summed E-state index contributed by atoms with van der Waals surface area (Å²) in [7, 11) is 0. The van der Waals surface area contributed by atoms with E-state index in [1.54, 1.807) is 12.5 Å². The Morgan fingerprint density at radius 3 is 2.32 bits per heavy atom. The quantitative estimate of drug-likeness (QED) is 0.535. The Hall–Kier alpha value is -2.65. The van der Waals surface area contributed by atoms with Crippen molar-refractivity contribution in [3.8, 4) is 17.1 Å². The van der Waals surface area contributed by atoms with Crippen molar-refractivity contribution in [2.45, 2.75) is 0 Å². The molecule has 0 N–H and O–H groups in total. The van der Waals surface area contributed by atoms with Crippen LogP contribution in [0, 0.1) is 0 Å². The molecular weight excluding hydrogens is 294 g/mol. The molecule has 2 aromatic carbocycles. The summed E-state index contributed by atoms with van der Waals surface area (Å²) < 4.78 is 1.91. The summed E-state index contributed by atoms with van der Waals surface area (Å²) in [5, 5.41) is 2.66. The second-order valence-corrected chi connectivity index (χ2v) is 5.36. The molecule has 0 spiro atoms. The van der Waals surface area contributed by atoms with E-state index in [9.17, 15) is 0 Å². The number of pyridine rings is 1. The highest BCUT2D eigenvalue weighted by atomic mass is 35.5. The molecule has 0 fully saturated rings. The standard InChI is InChI=1S/C18H12ClN3/c19-16-14-8-4-5-9-15(14)18(22-11-10-20-12-22)21-17(16)13-6-2-1-3-7-13/h1-12H. The predicted octanol–water partition coefficient (Wildman–Crippen LogP) is 4.74. The molecule has 3 nitrogen and oxygen atoms in total. The van der Waals surface area contributed by atoms with Gasteiger partial charge >= 0.3 is 0 Å². The molecule has 0 amide bonds. The highest BCUT2D eigenvalue weighted by Gasteiger charge is 2.14. The molecule has 0 unspecified atom stereocenters. The van der Waals surface area contributed by atoms with Crippen molar-refractivity contribution in [3.63, 3.8) is 0 Å². The third-order valence-electron chi connectivity index (χ3n) is 3.63. The van der Waals surface area contributed by atoms with Gasteiger partial charge in [0.25, 0.3) is 0 Å². The molecule has 0 aliphatic heterocycles. The Morgan fingerprint density at radius 2 is 1.59 bits per heavy atom. The van der Waals surface area contributed by atoms with Gasteiger partial charge in [0.05, 0.1) is 10.7 Å². The summed E-state index contributed by atoms with van der Waals surface area (Å²) in [5.41, 5.74) is 1.78. The summed E-state index contributed by atoms with van der Waals surface area (Å²) in [6.45, 7) is 0. The van der Waals surface area contributed by atoms with E-state index in [1.165, 1.54) is 0 Å². The Kier molecular flexibility index (Phi) is 3.13. The molecule has 0 radical (unpaired) electrons. The average molecular weight is 306 g/mol. The Morgan fingerprint density at radius 1 is 0.864 bits per heavy atom. The van der Waals surface area contributed by atoms with E-state index in [1.807, 2.05) is 65.4 Å². The van der Waals surface area contributed by atoms with E-state index in [-0.39, 0.29) is 0 Å². The van der Waals surface area contributed by atoms with Crippen molar-refractivity contribution in [1.29, 1.82) is 0 Å². The molecule has 0 saturated heterocycles. The van der Waals surface area contributed by atoms with Crippen LogP contribution in [-0.2, 0) is 0 Å². The smallest absolute Gasteiger partial charge is 0.146 e. The van der Waals surface area contributed by atoms with E-state index in [0.29, 0.717) is 5.02 Å². The van der Waals surface area contributed by atoms with Crippen molar-refractivity contribution in [3.05, 3.63) is 78.3 Å². The van der Waals surface area contributed by atoms with Crippen LogP contribution in [-0.4, -0.2) is 14.5 Å². The fourth-order valence-electron chi connectivity index (χ4n) is 2.58. The molecule has 2 heterocycles. The van der Waals surface area contributed by atoms with Crippen molar-refractivity contribution >= 4 is 22.4 Å². The summed E-state index contributed by atoms with van der Waals surface area (Å²) in [6, 6.07) is 18.0. The lowest BCUT2D eigenvalue weighted by molar-refractivity contribution is 1.01. The topological polar surface area (TPSA) is 30.7 Å². The van der Waals surface area contributed by atoms with Gasteiger partial charge in [-0.1, -0.05) is 66.2 Å². The van der Waals surface area contributed by atoms with E-state index >= 15 is 0 Å². The van der Waals surface area contributed by atoms with E-state index < -0.39 is 0 Å². The molecule has 4 heteroatoms. The zero-order chi connectivity index (χ0) is 14.9. The number of rotatable bonds is 2. The normalized spacial score (nSPS) is 11.0. The lowest BCUT2D eigenvalue weighted by Gasteiger charge is -2.12. The third kappa shape index (κ3) is 2.07. The lowest BCUT2D eigenvalue weighted by atomic mass is 10.1. The Balaban J connectivity index is 2.09. The monoisotopic (exact) mass is 305 g/mol. The second kappa shape index (κ2) is 5.28. The minimum Gasteiger partial charge on any atom is -0.290 e.